The van der Waals surface area contributed by atoms with Gasteiger partial charge in [-0.1, -0.05) is 66.9 Å². The van der Waals surface area contributed by atoms with E-state index < -0.39 is 0 Å². The van der Waals surface area contributed by atoms with Gasteiger partial charge in [-0.2, -0.15) is 5.10 Å². The van der Waals surface area contributed by atoms with E-state index in [9.17, 15) is 0 Å². The van der Waals surface area contributed by atoms with Crippen LogP contribution in [-0.2, 0) is 16.7 Å². The van der Waals surface area contributed by atoms with Crippen LogP contribution in [0.3, 0.4) is 0 Å². The lowest BCUT2D eigenvalue weighted by Gasteiger charge is -2.43. The summed E-state index contributed by atoms with van der Waals surface area (Å²) in [6, 6.07) is 11.1. The Morgan fingerprint density at radius 2 is 1.89 bits per heavy atom. The quantitative estimate of drug-likeness (QED) is 0.572. The second kappa shape index (κ2) is 7.23. The van der Waals surface area contributed by atoms with Crippen molar-refractivity contribution in [2.24, 2.45) is 17.0 Å². The third kappa shape index (κ3) is 2.99. The maximum atomic E-state index is 5.14. The van der Waals surface area contributed by atoms with Crippen molar-refractivity contribution in [1.29, 1.82) is 0 Å². The van der Waals surface area contributed by atoms with Gasteiger partial charge in [-0.15, -0.1) is 0 Å². The molecule has 1 aromatic heterocycles. The first-order chi connectivity index (χ1) is 13.8. The van der Waals surface area contributed by atoms with Crippen LogP contribution in [0.4, 0.5) is 0 Å². The molecule has 3 aliphatic carbocycles. The summed E-state index contributed by atoms with van der Waals surface area (Å²) in [6.45, 7) is 0. The van der Waals surface area contributed by atoms with Crippen molar-refractivity contribution < 1.29 is 4.84 Å². The Hall–Kier alpha value is -2.36. The number of rotatable bonds is 5. The molecule has 1 atom stereocenters. The fourth-order valence-corrected chi connectivity index (χ4v) is 5.33. The number of hydrogen-bond donors (Lipinski definition) is 1. The molecule has 1 unspecified atom stereocenters. The highest BCUT2D eigenvalue weighted by Gasteiger charge is 2.42. The van der Waals surface area contributed by atoms with E-state index in [0.29, 0.717) is 11.8 Å². The summed E-state index contributed by atoms with van der Waals surface area (Å²) in [6.07, 6.45) is 14.9. The van der Waals surface area contributed by atoms with Crippen molar-refractivity contribution >= 4 is 11.8 Å². The molecule has 0 aliphatic heterocycles. The first-order valence-electron chi connectivity index (χ1n) is 10.8. The van der Waals surface area contributed by atoms with Crippen LogP contribution in [0.1, 0.15) is 67.5 Å². The van der Waals surface area contributed by atoms with Gasteiger partial charge in [-0.3, -0.25) is 5.10 Å². The Morgan fingerprint density at radius 1 is 1.11 bits per heavy atom. The summed E-state index contributed by atoms with van der Waals surface area (Å²) in [5.74, 6) is 1.19. The molecule has 0 radical (unpaired) electrons. The van der Waals surface area contributed by atoms with E-state index in [1.54, 1.807) is 7.11 Å². The summed E-state index contributed by atoms with van der Waals surface area (Å²) < 4.78 is 0. The molecule has 0 spiro atoms. The lowest BCUT2D eigenvalue weighted by atomic mass is 9.61. The van der Waals surface area contributed by atoms with Gasteiger partial charge in [0.1, 0.15) is 18.5 Å². The number of fused-ring (bicyclic) bond motifs is 1. The highest BCUT2D eigenvalue weighted by molar-refractivity contribution is 6.04. The second-order valence-electron chi connectivity index (χ2n) is 8.65. The van der Waals surface area contributed by atoms with Crippen molar-refractivity contribution in [3.05, 3.63) is 58.9 Å². The van der Waals surface area contributed by atoms with Crippen molar-refractivity contribution in [2.45, 2.75) is 56.8 Å². The Bertz CT molecular complexity index is 888. The molecule has 5 rings (SSSR count). The van der Waals surface area contributed by atoms with Crippen LogP contribution in [0.15, 0.2) is 41.6 Å². The maximum absolute atomic E-state index is 5.14. The van der Waals surface area contributed by atoms with Crippen molar-refractivity contribution in [1.82, 2.24) is 10.2 Å². The largest absolute Gasteiger partial charge is 0.399 e. The molecule has 1 heterocycles. The third-order valence-corrected chi connectivity index (χ3v) is 6.94. The summed E-state index contributed by atoms with van der Waals surface area (Å²) in [7, 11) is 1.63. The Balaban J connectivity index is 1.56. The van der Waals surface area contributed by atoms with Crippen molar-refractivity contribution in [2.75, 3.05) is 7.11 Å². The third-order valence-electron chi connectivity index (χ3n) is 6.94. The first-order valence-corrected chi connectivity index (χ1v) is 10.8. The molecule has 4 heteroatoms. The van der Waals surface area contributed by atoms with Gasteiger partial charge in [-0.25, -0.2) is 0 Å². The van der Waals surface area contributed by atoms with Gasteiger partial charge >= 0.3 is 0 Å². The Kier molecular flexibility index (Phi) is 4.58. The van der Waals surface area contributed by atoms with Gasteiger partial charge in [0.2, 0.25) is 0 Å². The predicted octanol–water partition coefficient (Wildman–Crippen LogP) is 5.26. The van der Waals surface area contributed by atoms with E-state index in [2.05, 4.69) is 52.7 Å². The van der Waals surface area contributed by atoms with Gasteiger partial charge in [0, 0.05) is 29.0 Å². The Labute approximate surface area is 167 Å². The Morgan fingerprint density at radius 3 is 2.61 bits per heavy atom. The predicted molar refractivity (Wildman–Crippen MR) is 112 cm³/mol. The van der Waals surface area contributed by atoms with Crippen LogP contribution in [-0.4, -0.2) is 23.0 Å². The zero-order valence-corrected chi connectivity index (χ0v) is 16.7. The number of benzene rings is 1. The topological polar surface area (TPSA) is 50.3 Å². The second-order valence-corrected chi connectivity index (χ2v) is 8.65. The number of aromatic amines is 1. The number of nitrogens with zero attached hydrogens (tertiary/aromatic N) is 2. The highest BCUT2D eigenvalue weighted by atomic mass is 16.6. The van der Waals surface area contributed by atoms with E-state index in [-0.39, 0.29) is 5.41 Å². The minimum absolute atomic E-state index is 0.0661. The van der Waals surface area contributed by atoms with Crippen LogP contribution >= 0.6 is 0 Å². The fourth-order valence-electron chi connectivity index (χ4n) is 5.33. The maximum Gasteiger partial charge on any atom is 0.117 e. The molecule has 0 saturated heterocycles. The van der Waals surface area contributed by atoms with Crippen LogP contribution in [0, 0.1) is 11.8 Å². The van der Waals surface area contributed by atoms with E-state index in [1.807, 2.05) is 0 Å². The molecule has 0 bridgehead atoms. The summed E-state index contributed by atoms with van der Waals surface area (Å²) >= 11 is 0. The average Bonchev–Trinajstić information content (AvgIpc) is 3.52. The molecule has 1 aromatic carbocycles. The van der Waals surface area contributed by atoms with Crippen LogP contribution in [0.25, 0.3) is 6.08 Å². The standard InChI is InChI=1S/C24H29N3O/c1-28-27-22(17-12-13-17)23-20-14-15-24(16-21(20)25-26-23,18-8-4-2-5-9-18)19-10-6-3-7-11-19/h2,4-5,8-9,14-15,17,19H,3,6-7,10-13,16H2,1H3,(H,25,26). The van der Waals surface area contributed by atoms with Gasteiger partial charge in [-0.05, 0) is 37.2 Å². The molecular formula is C24H29N3O. The molecule has 146 valence electrons. The van der Waals surface area contributed by atoms with E-state index >= 15 is 0 Å². The number of H-pyrrole nitrogens is 1. The van der Waals surface area contributed by atoms with E-state index in [4.69, 9.17) is 9.94 Å². The fraction of sp³-hybridized carbons (Fsp3) is 0.500. The molecule has 0 amide bonds. The van der Waals surface area contributed by atoms with Crippen LogP contribution in [0.5, 0.6) is 0 Å². The van der Waals surface area contributed by atoms with E-state index in [1.165, 1.54) is 61.8 Å². The number of allylic oxidation sites excluding steroid dienone is 1. The first kappa shape index (κ1) is 17.7. The minimum Gasteiger partial charge on any atom is -0.399 e. The van der Waals surface area contributed by atoms with Crippen LogP contribution < -0.4 is 0 Å². The molecule has 2 fully saturated rings. The highest BCUT2D eigenvalue weighted by Crippen LogP contribution is 2.47. The summed E-state index contributed by atoms with van der Waals surface area (Å²) in [5, 5.41) is 12.4. The molecular weight excluding hydrogens is 346 g/mol. The zero-order valence-electron chi connectivity index (χ0n) is 16.7. The van der Waals surface area contributed by atoms with Gasteiger partial charge < -0.3 is 4.84 Å². The molecule has 2 saturated carbocycles. The monoisotopic (exact) mass is 375 g/mol. The summed E-state index contributed by atoms with van der Waals surface area (Å²) in [4.78, 5) is 5.14. The van der Waals surface area contributed by atoms with Gasteiger partial charge in [0.25, 0.3) is 0 Å². The van der Waals surface area contributed by atoms with Crippen molar-refractivity contribution in [3.63, 3.8) is 0 Å². The van der Waals surface area contributed by atoms with Crippen molar-refractivity contribution in [3.8, 4) is 0 Å². The number of hydrogen-bond acceptors (Lipinski definition) is 3. The molecule has 1 N–H and O–H groups in total. The smallest absolute Gasteiger partial charge is 0.117 e. The lowest BCUT2D eigenvalue weighted by molar-refractivity contribution is 0.212. The molecule has 4 nitrogen and oxygen atoms in total. The van der Waals surface area contributed by atoms with E-state index in [0.717, 1.165) is 17.8 Å². The van der Waals surface area contributed by atoms with Gasteiger partial charge in [0.05, 0.1) is 0 Å². The number of aromatic nitrogens is 2. The SMILES string of the molecule is CON=C(c1n[nH]c2c1C=CC(c1ccccc1)(C1CCCCC1)C2)C1CC1. The number of nitrogens with one attached hydrogen (secondary N) is 1. The molecule has 3 aliphatic rings. The normalized spacial score (nSPS) is 25.5. The minimum atomic E-state index is 0.0661. The zero-order chi connectivity index (χ0) is 19.0. The molecule has 28 heavy (non-hydrogen) atoms. The van der Waals surface area contributed by atoms with Gasteiger partial charge in [0.15, 0.2) is 0 Å². The lowest BCUT2D eigenvalue weighted by Crippen LogP contribution is -2.38. The van der Waals surface area contributed by atoms with Crippen LogP contribution in [0.2, 0.25) is 0 Å². The average molecular weight is 376 g/mol. The summed E-state index contributed by atoms with van der Waals surface area (Å²) in [5.41, 5.74) is 5.96. The molecule has 2 aromatic rings. The number of oxime groups is 1.